The minimum absolute atomic E-state index is 0.195. The Morgan fingerprint density at radius 3 is 2.53 bits per heavy atom. The third-order valence-corrected chi connectivity index (χ3v) is 2.73. The summed E-state index contributed by atoms with van der Waals surface area (Å²) in [6.45, 7) is 7.03. The van der Waals surface area contributed by atoms with Crippen molar-refractivity contribution in [3.63, 3.8) is 0 Å². The Kier molecular flexibility index (Phi) is 4.79. The quantitative estimate of drug-likeness (QED) is 0.801. The molecule has 1 N–H and O–H groups in total. The van der Waals surface area contributed by atoms with Gasteiger partial charge in [0.15, 0.2) is 0 Å². The molecule has 0 aliphatic carbocycles. The molecule has 0 aromatic heterocycles. The van der Waals surface area contributed by atoms with Gasteiger partial charge in [0.05, 0.1) is 12.1 Å². The molecule has 1 aromatic carbocycles. The molecule has 1 rings (SSSR count). The Labute approximate surface area is 92.6 Å². The maximum atomic E-state index is 5.64. The van der Waals surface area contributed by atoms with E-state index in [1.54, 1.807) is 0 Å². The molecule has 0 amide bonds. The van der Waals surface area contributed by atoms with Crippen molar-refractivity contribution in [2.75, 3.05) is 13.7 Å². The van der Waals surface area contributed by atoms with Crippen LogP contribution in [0.1, 0.15) is 31.0 Å². The van der Waals surface area contributed by atoms with Gasteiger partial charge in [0.25, 0.3) is 0 Å². The third-order valence-electron chi connectivity index (χ3n) is 2.73. The molecule has 0 fully saturated rings. The molecule has 2 nitrogen and oxygen atoms in total. The highest BCUT2D eigenvalue weighted by Gasteiger charge is 2.18. The first kappa shape index (κ1) is 12.2. The topological polar surface area (TPSA) is 21.3 Å². The van der Waals surface area contributed by atoms with E-state index in [1.807, 2.05) is 14.0 Å². The maximum absolute atomic E-state index is 5.64. The molecule has 0 heterocycles. The summed E-state index contributed by atoms with van der Waals surface area (Å²) in [4.78, 5) is 0. The molecule has 0 bridgehead atoms. The highest BCUT2D eigenvalue weighted by Crippen LogP contribution is 2.21. The van der Waals surface area contributed by atoms with E-state index in [4.69, 9.17) is 4.74 Å². The predicted octanol–water partition coefficient (Wildman–Crippen LogP) is 2.68. The van der Waals surface area contributed by atoms with E-state index in [9.17, 15) is 0 Å². The molecule has 84 valence electrons. The van der Waals surface area contributed by atoms with Gasteiger partial charge in [-0.1, -0.05) is 24.3 Å². The SMILES string of the molecule is CCOC(C)C(NC)c1ccccc1C. The van der Waals surface area contributed by atoms with Crippen molar-refractivity contribution in [3.05, 3.63) is 35.4 Å². The van der Waals surface area contributed by atoms with Crippen molar-refractivity contribution >= 4 is 0 Å². The van der Waals surface area contributed by atoms with Crippen LogP contribution < -0.4 is 5.32 Å². The Balaban J connectivity index is 2.87. The fourth-order valence-corrected chi connectivity index (χ4v) is 1.94. The summed E-state index contributed by atoms with van der Waals surface area (Å²) >= 11 is 0. The number of nitrogens with one attached hydrogen (secondary N) is 1. The number of rotatable bonds is 5. The van der Waals surface area contributed by atoms with Crippen LogP contribution in [-0.4, -0.2) is 19.8 Å². The standard InChI is InChI=1S/C13H21NO/c1-5-15-11(3)13(14-4)12-9-7-6-8-10(12)2/h6-9,11,13-14H,5H2,1-4H3. The van der Waals surface area contributed by atoms with Gasteiger partial charge in [0.1, 0.15) is 0 Å². The minimum atomic E-state index is 0.195. The molecule has 0 spiro atoms. The lowest BCUT2D eigenvalue weighted by Gasteiger charge is -2.25. The highest BCUT2D eigenvalue weighted by atomic mass is 16.5. The zero-order valence-corrected chi connectivity index (χ0v) is 10.1. The van der Waals surface area contributed by atoms with Gasteiger partial charge in [-0.3, -0.25) is 0 Å². The van der Waals surface area contributed by atoms with Crippen LogP contribution in [0.15, 0.2) is 24.3 Å². The molecule has 15 heavy (non-hydrogen) atoms. The molecule has 1 aromatic rings. The van der Waals surface area contributed by atoms with E-state index in [-0.39, 0.29) is 12.1 Å². The van der Waals surface area contributed by atoms with Gasteiger partial charge in [0, 0.05) is 6.61 Å². The fraction of sp³-hybridized carbons (Fsp3) is 0.538. The van der Waals surface area contributed by atoms with E-state index in [2.05, 4.69) is 43.4 Å². The molecule has 0 saturated carbocycles. The van der Waals surface area contributed by atoms with Gasteiger partial charge in [0.2, 0.25) is 0 Å². The summed E-state index contributed by atoms with van der Waals surface area (Å²) in [5, 5.41) is 3.32. The van der Waals surface area contributed by atoms with Crippen LogP contribution in [-0.2, 0) is 4.74 Å². The summed E-state index contributed by atoms with van der Waals surface area (Å²) in [5.41, 5.74) is 2.63. The minimum Gasteiger partial charge on any atom is -0.377 e. The Bertz CT molecular complexity index is 298. The second kappa shape index (κ2) is 5.89. The molecule has 2 atom stereocenters. The largest absolute Gasteiger partial charge is 0.377 e. The van der Waals surface area contributed by atoms with Gasteiger partial charge >= 0.3 is 0 Å². The van der Waals surface area contributed by atoms with E-state index < -0.39 is 0 Å². The summed E-state index contributed by atoms with van der Waals surface area (Å²) in [6.07, 6.45) is 0.195. The van der Waals surface area contributed by atoms with Crippen molar-refractivity contribution in [2.45, 2.75) is 32.9 Å². The number of aryl methyl sites for hydroxylation is 1. The first-order chi connectivity index (χ1) is 7.20. The second-order valence-electron chi connectivity index (χ2n) is 3.78. The van der Waals surface area contributed by atoms with Gasteiger partial charge in [-0.25, -0.2) is 0 Å². The van der Waals surface area contributed by atoms with Crippen LogP contribution >= 0.6 is 0 Å². The lowest BCUT2D eigenvalue weighted by atomic mass is 9.98. The first-order valence-electron chi connectivity index (χ1n) is 5.55. The molecule has 0 radical (unpaired) electrons. The van der Waals surface area contributed by atoms with Crippen LogP contribution in [0.3, 0.4) is 0 Å². The van der Waals surface area contributed by atoms with Crippen LogP contribution in [0.5, 0.6) is 0 Å². The van der Waals surface area contributed by atoms with Gasteiger partial charge < -0.3 is 10.1 Å². The van der Waals surface area contributed by atoms with Gasteiger partial charge in [-0.05, 0) is 38.9 Å². The number of hydrogen-bond donors (Lipinski definition) is 1. The zero-order valence-electron chi connectivity index (χ0n) is 10.1. The van der Waals surface area contributed by atoms with E-state index >= 15 is 0 Å². The average molecular weight is 207 g/mol. The lowest BCUT2D eigenvalue weighted by molar-refractivity contribution is 0.0491. The summed E-state index contributed by atoms with van der Waals surface area (Å²) < 4.78 is 5.64. The molecule has 2 heteroatoms. The summed E-state index contributed by atoms with van der Waals surface area (Å²) in [6, 6.07) is 8.71. The van der Waals surface area contributed by atoms with Gasteiger partial charge in [-0.15, -0.1) is 0 Å². The van der Waals surface area contributed by atoms with E-state index in [1.165, 1.54) is 11.1 Å². The summed E-state index contributed by atoms with van der Waals surface area (Å²) in [7, 11) is 1.98. The Hall–Kier alpha value is -0.860. The Morgan fingerprint density at radius 2 is 2.00 bits per heavy atom. The monoisotopic (exact) mass is 207 g/mol. The second-order valence-corrected chi connectivity index (χ2v) is 3.78. The van der Waals surface area contributed by atoms with Crippen molar-refractivity contribution < 1.29 is 4.74 Å². The lowest BCUT2D eigenvalue weighted by Crippen LogP contribution is -2.30. The molecular formula is C13H21NO. The zero-order chi connectivity index (χ0) is 11.3. The van der Waals surface area contributed by atoms with Crippen molar-refractivity contribution in [1.82, 2.24) is 5.32 Å². The fourth-order valence-electron chi connectivity index (χ4n) is 1.94. The van der Waals surface area contributed by atoms with Crippen LogP contribution in [0.25, 0.3) is 0 Å². The highest BCUT2D eigenvalue weighted by molar-refractivity contribution is 5.29. The number of ether oxygens (including phenoxy) is 1. The van der Waals surface area contributed by atoms with Crippen molar-refractivity contribution in [2.24, 2.45) is 0 Å². The van der Waals surface area contributed by atoms with E-state index in [0.29, 0.717) is 0 Å². The number of hydrogen-bond acceptors (Lipinski definition) is 2. The normalized spacial score (nSPS) is 14.9. The molecule has 0 aliphatic rings. The van der Waals surface area contributed by atoms with Gasteiger partial charge in [-0.2, -0.15) is 0 Å². The van der Waals surface area contributed by atoms with Crippen LogP contribution in [0.4, 0.5) is 0 Å². The smallest absolute Gasteiger partial charge is 0.0741 e. The van der Waals surface area contributed by atoms with Crippen molar-refractivity contribution in [1.29, 1.82) is 0 Å². The third kappa shape index (κ3) is 3.05. The molecule has 2 unspecified atom stereocenters. The molecular weight excluding hydrogens is 186 g/mol. The van der Waals surface area contributed by atoms with Crippen LogP contribution in [0.2, 0.25) is 0 Å². The maximum Gasteiger partial charge on any atom is 0.0741 e. The first-order valence-corrected chi connectivity index (χ1v) is 5.55. The average Bonchev–Trinajstić information content (AvgIpc) is 2.22. The number of likely N-dealkylation sites (N-methyl/N-ethyl adjacent to an activating group) is 1. The Morgan fingerprint density at radius 1 is 1.33 bits per heavy atom. The van der Waals surface area contributed by atoms with Crippen LogP contribution in [0, 0.1) is 6.92 Å². The van der Waals surface area contributed by atoms with E-state index in [0.717, 1.165) is 6.61 Å². The number of benzene rings is 1. The summed E-state index contributed by atoms with van der Waals surface area (Å²) in [5.74, 6) is 0. The predicted molar refractivity (Wildman–Crippen MR) is 64.1 cm³/mol. The molecule has 0 aliphatic heterocycles. The van der Waals surface area contributed by atoms with Crippen molar-refractivity contribution in [3.8, 4) is 0 Å². The molecule has 0 saturated heterocycles.